The van der Waals surface area contributed by atoms with Gasteiger partial charge in [-0.25, -0.2) is 0 Å². The molecule has 3 rings (SSSR count). The van der Waals surface area contributed by atoms with E-state index in [4.69, 9.17) is 0 Å². The van der Waals surface area contributed by atoms with Crippen LogP contribution in [-0.2, 0) is 12.8 Å². The first-order valence-corrected chi connectivity index (χ1v) is 6.78. The molecule has 1 aliphatic heterocycles. The molecule has 92 valence electrons. The van der Waals surface area contributed by atoms with E-state index >= 15 is 0 Å². The predicted molar refractivity (Wildman–Crippen MR) is 75.8 cm³/mol. The second kappa shape index (κ2) is 4.95. The largest absolute Gasteiger partial charge is 0.306 e. The van der Waals surface area contributed by atoms with Crippen LogP contribution in [0.2, 0.25) is 0 Å². The van der Waals surface area contributed by atoms with Crippen LogP contribution in [-0.4, -0.2) is 6.54 Å². The Kier molecular flexibility index (Phi) is 3.16. The van der Waals surface area contributed by atoms with E-state index in [0.717, 1.165) is 19.4 Å². The third kappa shape index (κ3) is 2.06. The maximum absolute atomic E-state index is 3.64. The van der Waals surface area contributed by atoms with Crippen molar-refractivity contribution in [3.8, 4) is 0 Å². The number of rotatable bonds is 2. The van der Waals surface area contributed by atoms with E-state index in [9.17, 15) is 0 Å². The van der Waals surface area contributed by atoms with E-state index in [0.29, 0.717) is 6.04 Å². The van der Waals surface area contributed by atoms with Crippen molar-refractivity contribution in [2.24, 2.45) is 0 Å². The molecular weight excluding hydrogens is 218 g/mol. The summed E-state index contributed by atoms with van der Waals surface area (Å²) in [6.07, 6.45) is 2.24. The third-order valence-corrected chi connectivity index (χ3v) is 3.80. The smallest absolute Gasteiger partial charge is 0.0579 e. The maximum atomic E-state index is 3.64. The maximum Gasteiger partial charge on any atom is 0.0579 e. The Balaban J connectivity index is 2.02. The number of hydrogen-bond acceptors (Lipinski definition) is 1. The van der Waals surface area contributed by atoms with Crippen LogP contribution in [0.4, 0.5) is 0 Å². The first kappa shape index (κ1) is 11.5. The van der Waals surface area contributed by atoms with E-state index in [1.54, 1.807) is 0 Å². The van der Waals surface area contributed by atoms with Crippen molar-refractivity contribution in [3.05, 3.63) is 70.8 Å². The van der Waals surface area contributed by atoms with Gasteiger partial charge in [-0.2, -0.15) is 0 Å². The lowest BCUT2D eigenvalue weighted by Crippen LogP contribution is -2.30. The fourth-order valence-electron chi connectivity index (χ4n) is 2.79. The van der Waals surface area contributed by atoms with Gasteiger partial charge in [0.15, 0.2) is 0 Å². The average molecular weight is 237 g/mol. The van der Waals surface area contributed by atoms with E-state index in [2.05, 4.69) is 60.8 Å². The molecule has 2 aromatic rings. The summed E-state index contributed by atoms with van der Waals surface area (Å²) in [5.74, 6) is 0. The Labute approximate surface area is 109 Å². The third-order valence-electron chi connectivity index (χ3n) is 3.80. The van der Waals surface area contributed by atoms with Crippen LogP contribution in [0, 0.1) is 0 Å². The number of fused-ring (bicyclic) bond motifs is 1. The van der Waals surface area contributed by atoms with Crippen molar-refractivity contribution in [2.45, 2.75) is 25.8 Å². The normalized spacial score (nSPS) is 18.4. The summed E-state index contributed by atoms with van der Waals surface area (Å²) < 4.78 is 0. The first-order chi connectivity index (χ1) is 8.88. The number of benzene rings is 2. The van der Waals surface area contributed by atoms with Crippen molar-refractivity contribution in [1.29, 1.82) is 0 Å². The molecule has 0 saturated carbocycles. The zero-order chi connectivity index (χ0) is 12.4. The highest BCUT2D eigenvalue weighted by Gasteiger charge is 2.20. The van der Waals surface area contributed by atoms with E-state index in [1.807, 2.05) is 0 Å². The minimum atomic E-state index is 0.362. The second-order valence-corrected chi connectivity index (χ2v) is 4.93. The van der Waals surface area contributed by atoms with Crippen LogP contribution < -0.4 is 5.32 Å². The van der Waals surface area contributed by atoms with Crippen LogP contribution in [0.5, 0.6) is 0 Å². The SMILES string of the molecule is CCc1cccc(C2NCCc3ccccc32)c1. The molecule has 0 fully saturated rings. The number of aryl methyl sites for hydroxylation is 1. The summed E-state index contributed by atoms with van der Waals surface area (Å²) in [5.41, 5.74) is 5.74. The van der Waals surface area contributed by atoms with Gasteiger partial charge in [0.25, 0.3) is 0 Å². The molecule has 0 bridgehead atoms. The molecule has 2 aromatic carbocycles. The van der Waals surface area contributed by atoms with Crippen molar-refractivity contribution >= 4 is 0 Å². The van der Waals surface area contributed by atoms with Gasteiger partial charge in [0.05, 0.1) is 6.04 Å². The molecule has 0 aliphatic carbocycles. The van der Waals surface area contributed by atoms with Crippen LogP contribution in [0.1, 0.15) is 35.2 Å². The Morgan fingerprint density at radius 1 is 1.11 bits per heavy atom. The Hall–Kier alpha value is -1.60. The molecule has 1 N–H and O–H groups in total. The van der Waals surface area contributed by atoms with Gasteiger partial charge in [0.1, 0.15) is 0 Å². The topological polar surface area (TPSA) is 12.0 Å². The summed E-state index contributed by atoms with van der Waals surface area (Å²) >= 11 is 0. The van der Waals surface area contributed by atoms with E-state index in [1.165, 1.54) is 22.3 Å². The Bertz CT molecular complexity index is 545. The fourth-order valence-corrected chi connectivity index (χ4v) is 2.79. The van der Waals surface area contributed by atoms with E-state index < -0.39 is 0 Å². The van der Waals surface area contributed by atoms with Gasteiger partial charge in [-0.15, -0.1) is 0 Å². The van der Waals surface area contributed by atoms with E-state index in [-0.39, 0.29) is 0 Å². The van der Waals surface area contributed by atoms with Gasteiger partial charge < -0.3 is 5.32 Å². The average Bonchev–Trinajstić information content (AvgIpc) is 2.47. The molecule has 0 amide bonds. The minimum absolute atomic E-state index is 0.362. The van der Waals surface area contributed by atoms with Crippen molar-refractivity contribution in [1.82, 2.24) is 5.32 Å². The molecule has 1 unspecified atom stereocenters. The van der Waals surface area contributed by atoms with Crippen LogP contribution in [0.3, 0.4) is 0 Å². The molecular formula is C17H19N. The van der Waals surface area contributed by atoms with Crippen LogP contribution >= 0.6 is 0 Å². The highest BCUT2D eigenvalue weighted by molar-refractivity contribution is 5.40. The van der Waals surface area contributed by atoms with Gasteiger partial charge in [-0.05, 0) is 35.1 Å². The van der Waals surface area contributed by atoms with Crippen molar-refractivity contribution in [2.75, 3.05) is 6.54 Å². The monoisotopic (exact) mass is 237 g/mol. The Morgan fingerprint density at radius 2 is 2.00 bits per heavy atom. The highest BCUT2D eigenvalue weighted by Crippen LogP contribution is 2.28. The number of nitrogens with one attached hydrogen (secondary N) is 1. The lowest BCUT2D eigenvalue weighted by molar-refractivity contribution is 0.567. The molecule has 1 heterocycles. The molecule has 0 radical (unpaired) electrons. The lowest BCUT2D eigenvalue weighted by Gasteiger charge is -2.27. The van der Waals surface area contributed by atoms with Crippen LogP contribution in [0.25, 0.3) is 0 Å². The summed E-state index contributed by atoms with van der Waals surface area (Å²) in [6, 6.07) is 18.1. The first-order valence-electron chi connectivity index (χ1n) is 6.78. The summed E-state index contributed by atoms with van der Waals surface area (Å²) in [7, 11) is 0. The van der Waals surface area contributed by atoms with Gasteiger partial charge in [0.2, 0.25) is 0 Å². The molecule has 0 saturated heterocycles. The van der Waals surface area contributed by atoms with Crippen molar-refractivity contribution < 1.29 is 0 Å². The summed E-state index contributed by atoms with van der Waals surface area (Å²) in [4.78, 5) is 0. The Morgan fingerprint density at radius 3 is 2.89 bits per heavy atom. The van der Waals surface area contributed by atoms with Gasteiger partial charge >= 0.3 is 0 Å². The predicted octanol–water partition coefficient (Wildman–Crippen LogP) is 3.48. The summed E-state index contributed by atoms with van der Waals surface area (Å²) in [6.45, 7) is 3.28. The molecule has 1 atom stereocenters. The zero-order valence-corrected chi connectivity index (χ0v) is 10.8. The van der Waals surface area contributed by atoms with Gasteiger partial charge in [-0.1, -0.05) is 55.5 Å². The summed E-state index contributed by atoms with van der Waals surface area (Å²) in [5, 5.41) is 3.64. The number of hydrogen-bond donors (Lipinski definition) is 1. The van der Waals surface area contributed by atoms with Gasteiger partial charge in [0, 0.05) is 6.54 Å². The van der Waals surface area contributed by atoms with Gasteiger partial charge in [-0.3, -0.25) is 0 Å². The fraction of sp³-hybridized carbons (Fsp3) is 0.294. The minimum Gasteiger partial charge on any atom is -0.306 e. The second-order valence-electron chi connectivity index (χ2n) is 4.93. The van der Waals surface area contributed by atoms with Crippen LogP contribution in [0.15, 0.2) is 48.5 Å². The molecule has 1 aliphatic rings. The zero-order valence-electron chi connectivity index (χ0n) is 10.8. The lowest BCUT2D eigenvalue weighted by atomic mass is 9.89. The molecule has 1 nitrogen and oxygen atoms in total. The molecule has 0 aromatic heterocycles. The molecule has 18 heavy (non-hydrogen) atoms. The standard InChI is InChI=1S/C17H19N/c1-2-13-6-5-8-15(12-13)17-16-9-4-3-7-14(16)10-11-18-17/h3-9,12,17-18H,2,10-11H2,1H3. The highest BCUT2D eigenvalue weighted by atomic mass is 14.9. The molecule has 0 spiro atoms. The quantitative estimate of drug-likeness (QED) is 0.843. The molecule has 1 heteroatoms. The van der Waals surface area contributed by atoms with Crippen molar-refractivity contribution in [3.63, 3.8) is 0 Å².